The first kappa shape index (κ1) is 22.1. The molecule has 0 aliphatic carbocycles. The van der Waals surface area contributed by atoms with Gasteiger partial charge in [-0.25, -0.2) is 9.59 Å². The molecule has 2 saturated heterocycles. The Morgan fingerprint density at radius 3 is 2.36 bits per heavy atom. The molecule has 2 heterocycles. The number of nitrogens with zero attached hydrogens (tertiary/aromatic N) is 2. The number of hydrogen-bond donors (Lipinski definition) is 1. The van der Waals surface area contributed by atoms with Crippen LogP contribution in [-0.4, -0.2) is 72.2 Å². The van der Waals surface area contributed by atoms with E-state index in [2.05, 4.69) is 5.32 Å². The number of nitrogens with one attached hydrogen (secondary N) is 1. The van der Waals surface area contributed by atoms with Crippen LogP contribution in [-0.2, 0) is 30.5 Å². The van der Waals surface area contributed by atoms with E-state index >= 15 is 0 Å². The molecule has 4 rings (SSSR count). The summed E-state index contributed by atoms with van der Waals surface area (Å²) in [6, 6.07) is 16.4. The van der Waals surface area contributed by atoms with Crippen molar-refractivity contribution in [2.24, 2.45) is 0 Å². The lowest BCUT2D eigenvalue weighted by atomic mass is 9.96. The number of benzene rings is 2. The molecule has 172 valence electrons. The van der Waals surface area contributed by atoms with Gasteiger partial charge in [-0.3, -0.25) is 14.5 Å². The average Bonchev–Trinajstić information content (AvgIpc) is 3.22. The van der Waals surface area contributed by atoms with Crippen LogP contribution in [0.25, 0.3) is 0 Å². The Hall–Kier alpha value is -4.08. The Balaban J connectivity index is 1.39. The third kappa shape index (κ3) is 4.59. The molecule has 2 aliphatic heterocycles. The maximum atomic E-state index is 12.8. The van der Waals surface area contributed by atoms with Crippen LogP contribution in [0.4, 0.5) is 4.79 Å². The number of rotatable bonds is 7. The van der Waals surface area contributed by atoms with Gasteiger partial charge in [0.25, 0.3) is 5.91 Å². The van der Waals surface area contributed by atoms with E-state index in [-0.39, 0.29) is 19.8 Å². The average molecular weight is 453 g/mol. The summed E-state index contributed by atoms with van der Waals surface area (Å²) in [6.45, 7) is -0.257. The number of ether oxygens (including phenoxy) is 3. The Labute approximate surface area is 190 Å². The summed E-state index contributed by atoms with van der Waals surface area (Å²) >= 11 is 0. The van der Waals surface area contributed by atoms with E-state index in [1.807, 2.05) is 24.3 Å². The van der Waals surface area contributed by atoms with Crippen LogP contribution in [0.15, 0.2) is 60.7 Å². The second-order valence-electron chi connectivity index (χ2n) is 7.55. The molecule has 3 atom stereocenters. The van der Waals surface area contributed by atoms with Crippen LogP contribution in [0.3, 0.4) is 0 Å². The molecule has 0 bridgehead atoms. The number of hydrogen-bond acceptors (Lipinski definition) is 7. The summed E-state index contributed by atoms with van der Waals surface area (Å²) in [5.74, 6) is -1.21. The lowest BCUT2D eigenvalue weighted by Gasteiger charge is -2.43. The highest BCUT2D eigenvalue weighted by Gasteiger charge is 2.61. The third-order valence-corrected chi connectivity index (χ3v) is 5.48. The van der Waals surface area contributed by atoms with Gasteiger partial charge in [-0.15, -0.1) is 0 Å². The predicted molar refractivity (Wildman–Crippen MR) is 114 cm³/mol. The predicted octanol–water partition coefficient (Wildman–Crippen LogP) is 0.912. The highest BCUT2D eigenvalue weighted by atomic mass is 16.6. The van der Waals surface area contributed by atoms with Crippen molar-refractivity contribution in [2.45, 2.75) is 24.9 Å². The fraction of sp³-hybridized carbons (Fsp3) is 0.304. The summed E-state index contributed by atoms with van der Waals surface area (Å²) in [7, 11) is 1.19. The molecular weight excluding hydrogens is 430 g/mol. The number of carbonyl (C=O) groups excluding carboxylic acids is 4. The summed E-state index contributed by atoms with van der Waals surface area (Å²) in [5, 5.41) is 2.62. The molecule has 3 amide bonds. The smallest absolute Gasteiger partial charge is 0.411 e. The molecule has 2 aromatic carbocycles. The van der Waals surface area contributed by atoms with Crippen molar-refractivity contribution in [1.82, 2.24) is 15.1 Å². The minimum absolute atomic E-state index is 0.00509. The maximum Gasteiger partial charge on any atom is 0.411 e. The molecule has 1 N–H and O–H groups in total. The van der Waals surface area contributed by atoms with Gasteiger partial charge in [-0.1, -0.05) is 48.5 Å². The zero-order valence-electron chi connectivity index (χ0n) is 17.9. The standard InChI is InChI=1S/C23H23N3O7/c1-31-23(30)25-12-17-19(24-18(27)14-32-16-10-6-3-7-11-16)21(28)26(17)20(25)22(29)33-13-15-8-4-2-5-9-15/h2-11,17,19-20H,12-14H2,1H3,(H,24,27)/t17?,19-,20?/m0/s1. The molecule has 33 heavy (non-hydrogen) atoms. The lowest BCUT2D eigenvalue weighted by molar-refractivity contribution is -0.168. The van der Waals surface area contributed by atoms with E-state index < -0.39 is 42.1 Å². The molecule has 2 aromatic rings. The Bertz CT molecular complexity index is 1030. The molecule has 2 unspecified atom stereocenters. The number of β-lactam (4-membered cyclic amide) rings is 1. The fourth-order valence-electron chi connectivity index (χ4n) is 3.89. The quantitative estimate of drug-likeness (QED) is 0.490. The molecule has 0 spiro atoms. The van der Waals surface area contributed by atoms with Crippen LogP contribution < -0.4 is 10.1 Å². The van der Waals surface area contributed by atoms with Crippen LogP contribution in [0.1, 0.15) is 5.56 Å². The lowest BCUT2D eigenvalue weighted by Crippen LogP contribution is -2.71. The maximum absolute atomic E-state index is 12.8. The van der Waals surface area contributed by atoms with Crippen molar-refractivity contribution in [3.8, 4) is 5.75 Å². The summed E-state index contributed by atoms with van der Waals surface area (Å²) in [5.41, 5.74) is 0.767. The SMILES string of the molecule is COC(=O)N1CC2[C@H](NC(=O)COc3ccccc3)C(=O)N2C1C(=O)OCc1ccccc1. The number of methoxy groups -OCH3 is 1. The second kappa shape index (κ2) is 9.60. The van der Waals surface area contributed by atoms with Crippen LogP contribution in [0, 0.1) is 0 Å². The van der Waals surface area contributed by atoms with Crippen LogP contribution in [0.2, 0.25) is 0 Å². The van der Waals surface area contributed by atoms with Crippen molar-refractivity contribution in [1.29, 1.82) is 0 Å². The summed E-state index contributed by atoms with van der Waals surface area (Å²) in [6.07, 6.45) is -2.02. The van der Waals surface area contributed by atoms with Gasteiger partial charge in [0.05, 0.1) is 13.2 Å². The summed E-state index contributed by atoms with van der Waals surface area (Å²) in [4.78, 5) is 52.5. The highest BCUT2D eigenvalue weighted by molar-refractivity contribution is 5.98. The second-order valence-corrected chi connectivity index (χ2v) is 7.55. The van der Waals surface area contributed by atoms with Gasteiger partial charge in [0.15, 0.2) is 6.61 Å². The Morgan fingerprint density at radius 1 is 1.03 bits per heavy atom. The molecule has 0 radical (unpaired) electrons. The zero-order chi connectivity index (χ0) is 23.4. The van der Waals surface area contributed by atoms with Gasteiger partial charge >= 0.3 is 12.1 Å². The first-order valence-electron chi connectivity index (χ1n) is 10.3. The van der Waals surface area contributed by atoms with E-state index in [9.17, 15) is 19.2 Å². The minimum Gasteiger partial charge on any atom is -0.484 e. The zero-order valence-corrected chi connectivity index (χ0v) is 17.9. The number of para-hydroxylation sites is 1. The van der Waals surface area contributed by atoms with Gasteiger partial charge in [-0.2, -0.15) is 0 Å². The van der Waals surface area contributed by atoms with Gasteiger partial charge < -0.3 is 24.4 Å². The van der Waals surface area contributed by atoms with Crippen molar-refractivity contribution in [3.63, 3.8) is 0 Å². The van der Waals surface area contributed by atoms with Gasteiger partial charge in [0.2, 0.25) is 12.1 Å². The molecular formula is C23H23N3O7. The number of esters is 1. The molecule has 0 saturated carbocycles. The van der Waals surface area contributed by atoms with Gasteiger partial charge in [-0.05, 0) is 17.7 Å². The minimum atomic E-state index is -1.26. The fourth-order valence-corrected chi connectivity index (χ4v) is 3.89. The van der Waals surface area contributed by atoms with E-state index in [4.69, 9.17) is 14.2 Å². The highest BCUT2D eigenvalue weighted by Crippen LogP contribution is 2.33. The van der Waals surface area contributed by atoms with Crippen molar-refractivity contribution in [3.05, 3.63) is 66.2 Å². The van der Waals surface area contributed by atoms with Gasteiger partial charge in [0, 0.05) is 6.54 Å². The van der Waals surface area contributed by atoms with Crippen LogP contribution in [0.5, 0.6) is 5.75 Å². The molecule has 2 fully saturated rings. The van der Waals surface area contributed by atoms with E-state index in [1.54, 1.807) is 36.4 Å². The number of amides is 3. The van der Waals surface area contributed by atoms with Crippen LogP contribution >= 0.6 is 0 Å². The van der Waals surface area contributed by atoms with E-state index in [1.165, 1.54) is 12.0 Å². The largest absolute Gasteiger partial charge is 0.484 e. The van der Waals surface area contributed by atoms with Gasteiger partial charge in [0.1, 0.15) is 18.4 Å². The van der Waals surface area contributed by atoms with E-state index in [0.717, 1.165) is 10.5 Å². The molecule has 10 heteroatoms. The van der Waals surface area contributed by atoms with Crippen molar-refractivity contribution in [2.75, 3.05) is 20.3 Å². The monoisotopic (exact) mass is 453 g/mol. The number of carbonyl (C=O) groups is 4. The molecule has 2 aliphatic rings. The Kier molecular flexibility index (Phi) is 6.43. The van der Waals surface area contributed by atoms with E-state index in [0.29, 0.717) is 5.75 Å². The summed E-state index contributed by atoms with van der Waals surface area (Å²) < 4.78 is 15.5. The molecule has 10 nitrogen and oxygen atoms in total. The first-order chi connectivity index (χ1) is 16.0. The topological polar surface area (TPSA) is 114 Å². The first-order valence-corrected chi connectivity index (χ1v) is 10.3. The van der Waals surface area contributed by atoms with Crippen molar-refractivity contribution < 1.29 is 33.4 Å². The van der Waals surface area contributed by atoms with Crippen molar-refractivity contribution >= 4 is 23.9 Å². The Morgan fingerprint density at radius 2 is 1.70 bits per heavy atom. The normalized spacial score (nSPS) is 21.0. The molecule has 0 aromatic heterocycles. The number of fused-ring (bicyclic) bond motifs is 1. The third-order valence-electron chi connectivity index (χ3n) is 5.48.